The van der Waals surface area contributed by atoms with Crippen LogP contribution < -0.4 is 5.32 Å². The molecule has 0 radical (unpaired) electrons. The lowest BCUT2D eigenvalue weighted by atomic mass is 10.0. The predicted molar refractivity (Wildman–Crippen MR) is 133 cm³/mol. The number of carbonyl (C=O) groups excluding carboxylic acids is 1. The highest BCUT2D eigenvalue weighted by atomic mass is 19.1. The van der Waals surface area contributed by atoms with Crippen LogP contribution in [-0.2, 0) is 4.74 Å². The van der Waals surface area contributed by atoms with Crippen LogP contribution in [0.25, 0.3) is 27.8 Å². The fourth-order valence-corrected chi connectivity index (χ4v) is 4.11. The van der Waals surface area contributed by atoms with Crippen molar-refractivity contribution in [3.05, 3.63) is 95.7 Å². The van der Waals surface area contributed by atoms with Crippen LogP contribution in [0, 0.1) is 19.7 Å². The minimum Gasteiger partial charge on any atom is -0.465 e. The van der Waals surface area contributed by atoms with E-state index in [2.05, 4.69) is 15.3 Å². The van der Waals surface area contributed by atoms with Crippen molar-refractivity contribution in [3.8, 4) is 16.8 Å². The van der Waals surface area contributed by atoms with E-state index in [0.29, 0.717) is 11.5 Å². The number of anilines is 2. The molecule has 0 atom stereocenters. The summed E-state index contributed by atoms with van der Waals surface area (Å²) < 4.78 is 20.7. The first-order chi connectivity index (χ1) is 17.0. The molecular formula is C27H22FN5O2. The molecule has 174 valence electrons. The first kappa shape index (κ1) is 22.2. The first-order valence-corrected chi connectivity index (χ1v) is 11.0. The van der Waals surface area contributed by atoms with Gasteiger partial charge in [0.05, 0.1) is 40.8 Å². The molecule has 1 N–H and O–H groups in total. The van der Waals surface area contributed by atoms with Gasteiger partial charge in [0.1, 0.15) is 11.6 Å². The minimum absolute atomic E-state index is 0.0815. The zero-order valence-corrected chi connectivity index (χ0v) is 19.4. The number of nitrogens with zero attached hydrogens (tertiary/aromatic N) is 4. The van der Waals surface area contributed by atoms with E-state index < -0.39 is 11.8 Å². The van der Waals surface area contributed by atoms with Gasteiger partial charge in [-0.15, -0.1) is 0 Å². The van der Waals surface area contributed by atoms with Gasteiger partial charge in [-0.2, -0.15) is 5.10 Å². The minimum atomic E-state index is -0.645. The largest absolute Gasteiger partial charge is 0.465 e. The third-order valence-electron chi connectivity index (χ3n) is 5.80. The molecule has 0 bridgehead atoms. The summed E-state index contributed by atoms with van der Waals surface area (Å²) in [6.45, 7) is 3.92. The molecular weight excluding hydrogens is 445 g/mol. The molecule has 5 aromatic rings. The molecule has 0 aliphatic heterocycles. The summed E-state index contributed by atoms with van der Waals surface area (Å²) in [4.78, 5) is 21.2. The van der Waals surface area contributed by atoms with Gasteiger partial charge in [-0.1, -0.05) is 24.3 Å². The zero-order chi connectivity index (χ0) is 24.5. The fourth-order valence-electron chi connectivity index (χ4n) is 4.11. The summed E-state index contributed by atoms with van der Waals surface area (Å²) in [6, 6.07) is 17.6. The summed E-state index contributed by atoms with van der Waals surface area (Å²) in [5, 5.41) is 8.18. The van der Waals surface area contributed by atoms with Crippen LogP contribution in [0.1, 0.15) is 21.6 Å². The molecule has 0 spiro atoms. The van der Waals surface area contributed by atoms with Crippen molar-refractivity contribution < 1.29 is 13.9 Å². The Bertz CT molecular complexity index is 1580. The van der Waals surface area contributed by atoms with Crippen LogP contribution in [0.4, 0.5) is 15.9 Å². The van der Waals surface area contributed by atoms with Gasteiger partial charge in [0.25, 0.3) is 0 Å². The summed E-state index contributed by atoms with van der Waals surface area (Å²) in [7, 11) is 1.26. The normalized spacial score (nSPS) is 11.0. The molecule has 0 saturated carbocycles. The number of benzene rings is 3. The third-order valence-corrected chi connectivity index (χ3v) is 5.80. The number of fused-ring (bicyclic) bond motifs is 1. The van der Waals surface area contributed by atoms with Crippen LogP contribution in [-0.4, -0.2) is 32.8 Å². The molecule has 0 fully saturated rings. The molecule has 7 nitrogen and oxygen atoms in total. The molecule has 2 heterocycles. The van der Waals surface area contributed by atoms with Gasteiger partial charge in [-0.05, 0) is 61.4 Å². The summed E-state index contributed by atoms with van der Waals surface area (Å²) in [5.41, 5.74) is 6.35. The Balaban J connectivity index is 1.75. The van der Waals surface area contributed by atoms with E-state index in [-0.39, 0.29) is 5.56 Å². The zero-order valence-electron chi connectivity index (χ0n) is 19.4. The second-order valence-corrected chi connectivity index (χ2v) is 8.07. The number of nitrogens with one attached hydrogen (secondary N) is 1. The molecule has 0 aliphatic carbocycles. The van der Waals surface area contributed by atoms with E-state index >= 15 is 0 Å². The van der Waals surface area contributed by atoms with Crippen LogP contribution in [0.3, 0.4) is 0 Å². The number of halogens is 1. The molecule has 8 heteroatoms. The first-order valence-electron chi connectivity index (χ1n) is 11.0. The van der Waals surface area contributed by atoms with Crippen molar-refractivity contribution >= 4 is 28.5 Å². The number of para-hydroxylation sites is 1. The molecule has 0 unspecified atom stereocenters. The number of aromatic nitrogens is 4. The van der Waals surface area contributed by atoms with Crippen molar-refractivity contribution in [1.29, 1.82) is 0 Å². The highest BCUT2D eigenvalue weighted by molar-refractivity contribution is 5.97. The highest BCUT2D eigenvalue weighted by Crippen LogP contribution is 2.37. The Labute approximate surface area is 201 Å². The Morgan fingerprint density at radius 1 is 0.971 bits per heavy atom. The van der Waals surface area contributed by atoms with E-state index in [1.165, 1.54) is 19.2 Å². The lowest BCUT2D eigenvalue weighted by Crippen LogP contribution is -2.09. The highest BCUT2D eigenvalue weighted by Gasteiger charge is 2.22. The lowest BCUT2D eigenvalue weighted by Gasteiger charge is -2.16. The SMILES string of the molecule is COC(=O)c1cc(F)ccc1Nc1c(-c2ccc3nccnc3c2)c(C)nn1-c1ccccc1C. The van der Waals surface area contributed by atoms with Crippen molar-refractivity contribution in [2.24, 2.45) is 0 Å². The quantitative estimate of drug-likeness (QED) is 0.331. The van der Waals surface area contributed by atoms with Crippen molar-refractivity contribution in [1.82, 2.24) is 19.7 Å². The number of esters is 1. The Kier molecular flexibility index (Phi) is 5.70. The molecule has 3 aromatic carbocycles. The second kappa shape index (κ2) is 8.98. The maximum absolute atomic E-state index is 14.0. The maximum Gasteiger partial charge on any atom is 0.340 e. The topological polar surface area (TPSA) is 81.9 Å². The van der Waals surface area contributed by atoms with Gasteiger partial charge < -0.3 is 10.1 Å². The number of rotatable bonds is 5. The standard InChI is InChI=1S/C27H22FN5O2/c1-16-6-4-5-7-24(16)33-26(31-21-11-9-19(28)15-20(21)27(34)35-3)25(17(2)32-33)18-8-10-22-23(14-18)30-13-12-29-22/h4-15,31H,1-3H3. The summed E-state index contributed by atoms with van der Waals surface area (Å²) in [5.74, 6) is -0.558. The van der Waals surface area contributed by atoms with Gasteiger partial charge in [0.2, 0.25) is 0 Å². The van der Waals surface area contributed by atoms with E-state index in [9.17, 15) is 9.18 Å². The third kappa shape index (κ3) is 4.10. The van der Waals surface area contributed by atoms with Crippen LogP contribution in [0.15, 0.2) is 73.1 Å². The molecule has 0 aliphatic rings. The maximum atomic E-state index is 14.0. The summed E-state index contributed by atoms with van der Waals surface area (Å²) in [6.07, 6.45) is 3.30. The number of hydrogen-bond donors (Lipinski definition) is 1. The number of ether oxygens (including phenoxy) is 1. The van der Waals surface area contributed by atoms with Crippen LogP contribution in [0.5, 0.6) is 0 Å². The van der Waals surface area contributed by atoms with E-state index in [1.54, 1.807) is 17.1 Å². The average molecular weight is 468 g/mol. The fraction of sp³-hybridized carbons (Fsp3) is 0.111. The average Bonchev–Trinajstić information content (AvgIpc) is 3.19. The van der Waals surface area contributed by atoms with Crippen molar-refractivity contribution in [3.63, 3.8) is 0 Å². The van der Waals surface area contributed by atoms with E-state index in [4.69, 9.17) is 9.84 Å². The Hall–Kier alpha value is -4.59. The smallest absolute Gasteiger partial charge is 0.340 e. The molecule has 0 saturated heterocycles. The van der Waals surface area contributed by atoms with Gasteiger partial charge in [0, 0.05) is 18.0 Å². The number of hydrogen-bond acceptors (Lipinski definition) is 6. The number of methoxy groups -OCH3 is 1. The monoisotopic (exact) mass is 467 g/mol. The van der Waals surface area contributed by atoms with Crippen molar-refractivity contribution in [2.75, 3.05) is 12.4 Å². The van der Waals surface area contributed by atoms with Gasteiger partial charge in [-0.3, -0.25) is 9.97 Å². The molecule has 5 rings (SSSR count). The Morgan fingerprint density at radius 2 is 1.74 bits per heavy atom. The number of aryl methyl sites for hydroxylation is 2. The number of carbonyl (C=O) groups is 1. The summed E-state index contributed by atoms with van der Waals surface area (Å²) >= 11 is 0. The van der Waals surface area contributed by atoms with E-state index in [1.807, 2.05) is 56.3 Å². The Morgan fingerprint density at radius 3 is 2.51 bits per heavy atom. The molecule has 0 amide bonds. The van der Waals surface area contributed by atoms with Crippen molar-refractivity contribution in [2.45, 2.75) is 13.8 Å². The van der Waals surface area contributed by atoms with Crippen LogP contribution >= 0.6 is 0 Å². The van der Waals surface area contributed by atoms with Gasteiger partial charge >= 0.3 is 5.97 Å². The van der Waals surface area contributed by atoms with E-state index in [0.717, 1.165) is 45.2 Å². The predicted octanol–water partition coefficient (Wildman–Crippen LogP) is 5.77. The van der Waals surface area contributed by atoms with Gasteiger partial charge in [0.15, 0.2) is 0 Å². The second-order valence-electron chi connectivity index (χ2n) is 8.07. The van der Waals surface area contributed by atoms with Crippen LogP contribution in [0.2, 0.25) is 0 Å². The molecule has 35 heavy (non-hydrogen) atoms. The van der Waals surface area contributed by atoms with Gasteiger partial charge in [-0.25, -0.2) is 13.9 Å². The molecule has 2 aromatic heterocycles. The lowest BCUT2D eigenvalue weighted by molar-refractivity contribution is 0.0601.